The Morgan fingerprint density at radius 1 is 1.23 bits per heavy atom. The van der Waals surface area contributed by atoms with Gasteiger partial charge in [0.05, 0.1) is 5.60 Å². The van der Waals surface area contributed by atoms with E-state index in [2.05, 4.69) is 25.7 Å². The lowest BCUT2D eigenvalue weighted by Gasteiger charge is -2.25. The van der Waals surface area contributed by atoms with Crippen molar-refractivity contribution in [3.8, 4) is 6.19 Å². The molecule has 10 heteroatoms. The summed E-state index contributed by atoms with van der Waals surface area (Å²) in [4.78, 5) is 12.5. The Bertz CT molecular complexity index is 1140. The molecule has 1 heterocycles. The number of benzene rings is 1. The van der Waals surface area contributed by atoms with Gasteiger partial charge in [0, 0.05) is 5.69 Å². The average Bonchev–Trinajstić information content (AvgIpc) is 3.32. The molecule has 0 saturated heterocycles. The number of aliphatic hydroxyl groups is 1. The highest BCUT2D eigenvalue weighted by Gasteiger charge is 2.27. The predicted molar refractivity (Wildman–Crippen MR) is 116 cm³/mol. The zero-order valence-electron chi connectivity index (χ0n) is 16.7. The Kier molecular flexibility index (Phi) is 5.22. The van der Waals surface area contributed by atoms with Crippen LogP contribution in [0.5, 0.6) is 0 Å². The first-order valence-electron chi connectivity index (χ1n) is 9.70. The lowest BCUT2D eigenvalue weighted by molar-refractivity contribution is 0.0789. The van der Waals surface area contributed by atoms with Crippen LogP contribution in [-0.2, 0) is 41.6 Å². The molecule has 0 spiro atoms. The molecule has 158 valence electrons. The van der Waals surface area contributed by atoms with E-state index in [1.165, 1.54) is 17.2 Å². The third-order valence-electron chi connectivity index (χ3n) is 5.53. The zero-order chi connectivity index (χ0) is 21.5. The van der Waals surface area contributed by atoms with E-state index in [4.69, 9.17) is 5.26 Å². The van der Waals surface area contributed by atoms with E-state index in [1.807, 2.05) is 0 Å². The number of fused-ring (bicyclic) bond motifs is 2. The quantitative estimate of drug-likeness (QED) is 0.243. The van der Waals surface area contributed by atoms with E-state index in [-0.39, 0.29) is 4.21 Å². The van der Waals surface area contributed by atoms with Crippen LogP contribution in [0.1, 0.15) is 48.1 Å². The number of hydrogen-bond donors (Lipinski definition) is 4. The summed E-state index contributed by atoms with van der Waals surface area (Å²) in [6.45, 7) is 3.20. The van der Waals surface area contributed by atoms with Crippen molar-refractivity contribution in [2.75, 3.05) is 5.32 Å². The molecule has 30 heavy (non-hydrogen) atoms. The molecule has 4 rings (SSSR count). The lowest BCUT2D eigenvalue weighted by atomic mass is 9.83. The molecule has 0 atom stereocenters. The number of urea groups is 1. The van der Waals surface area contributed by atoms with Gasteiger partial charge in [-0.05, 0) is 85.2 Å². The number of nitrogens with zero attached hydrogens (tertiary/aromatic N) is 3. The minimum absolute atomic E-state index is 0.238. The Balaban J connectivity index is 1.58. The van der Waals surface area contributed by atoms with Crippen LogP contribution in [0, 0.1) is 11.5 Å². The monoisotopic (exact) mass is 445 g/mol. The molecule has 1 aromatic heterocycles. The summed E-state index contributed by atoms with van der Waals surface area (Å²) in [5, 5.41) is 27.2. The summed E-state index contributed by atoms with van der Waals surface area (Å²) in [7, 11) is -3.81. The van der Waals surface area contributed by atoms with E-state index in [0.29, 0.717) is 5.56 Å². The van der Waals surface area contributed by atoms with Gasteiger partial charge in [0.1, 0.15) is 14.5 Å². The summed E-state index contributed by atoms with van der Waals surface area (Å²) in [5.74, 6) is 0. The van der Waals surface area contributed by atoms with Crippen LogP contribution in [-0.4, -0.2) is 15.3 Å². The van der Waals surface area contributed by atoms with Crippen LogP contribution >= 0.6 is 11.3 Å². The molecule has 0 fully saturated rings. The molecule has 0 unspecified atom stereocenters. The van der Waals surface area contributed by atoms with Crippen molar-refractivity contribution in [3.05, 3.63) is 45.3 Å². The number of amides is 2. The number of carbonyl (C=O) groups is 1. The molecule has 1 aromatic carbocycles. The molecule has 0 aliphatic heterocycles. The average molecular weight is 446 g/mol. The SMILES string of the molecule is CC(C)(O)c1csc([SH](=O)(/N=N\C(=O)Nc2c3c(cc4c2CC4)CCC3)NC#N)c1. The molecule has 0 bridgehead atoms. The molecule has 0 saturated carbocycles. The fraction of sp³-hybridized carbons (Fsp3) is 0.400. The van der Waals surface area contributed by atoms with Crippen LogP contribution in [0.3, 0.4) is 0 Å². The summed E-state index contributed by atoms with van der Waals surface area (Å²) < 4.78 is 19.3. The van der Waals surface area contributed by atoms with Gasteiger partial charge < -0.3 is 10.4 Å². The fourth-order valence-corrected chi connectivity index (χ4v) is 6.50. The van der Waals surface area contributed by atoms with Crippen LogP contribution in [0.2, 0.25) is 0 Å². The van der Waals surface area contributed by atoms with Gasteiger partial charge in [-0.2, -0.15) is 5.26 Å². The molecule has 3 N–H and O–H groups in total. The zero-order valence-corrected chi connectivity index (χ0v) is 18.4. The Morgan fingerprint density at radius 2 is 1.97 bits per heavy atom. The summed E-state index contributed by atoms with van der Waals surface area (Å²) in [5.41, 5.74) is 5.07. The third-order valence-corrected chi connectivity index (χ3v) is 8.79. The lowest BCUT2D eigenvalue weighted by Crippen LogP contribution is -2.24. The van der Waals surface area contributed by atoms with Crippen molar-refractivity contribution >= 4 is 33.4 Å². The van der Waals surface area contributed by atoms with Gasteiger partial charge in [0.15, 0.2) is 6.19 Å². The number of rotatable bonds is 5. The van der Waals surface area contributed by atoms with Gasteiger partial charge >= 0.3 is 6.03 Å². The Morgan fingerprint density at radius 3 is 2.60 bits per heavy atom. The molecule has 8 nitrogen and oxygen atoms in total. The normalized spacial score (nSPS) is 15.8. The second-order valence-corrected chi connectivity index (χ2v) is 11.3. The summed E-state index contributed by atoms with van der Waals surface area (Å²) in [6.07, 6.45) is 6.55. The highest BCUT2D eigenvalue weighted by atomic mass is 32.3. The smallest absolute Gasteiger partial charge is 0.364 e. The first-order valence-corrected chi connectivity index (χ1v) is 12.2. The second-order valence-electron chi connectivity index (χ2n) is 8.03. The van der Waals surface area contributed by atoms with Gasteiger partial charge in [0.2, 0.25) is 0 Å². The number of carbonyl (C=O) groups excluding carboxylic acids is 1. The van der Waals surface area contributed by atoms with Crippen LogP contribution in [0.15, 0.2) is 31.4 Å². The predicted octanol–water partition coefficient (Wildman–Crippen LogP) is 3.52. The van der Waals surface area contributed by atoms with Gasteiger partial charge in [-0.15, -0.1) is 11.3 Å². The standard InChI is InChI=1S/C20H23N5O3S2/c1-20(2,27)14-9-17(29-10-14)30(28,22-11-21)25-24-19(26)23-18-15-5-3-4-12(15)8-13-6-7-16(13)18/h8-10,27,30H,3-7H2,1-2H3,(H,22,28)(H,23,26)/b25-24-. The molecule has 2 aliphatic rings. The Labute approximate surface area is 179 Å². The van der Waals surface area contributed by atoms with Crippen molar-refractivity contribution in [3.63, 3.8) is 0 Å². The van der Waals surface area contributed by atoms with E-state index < -0.39 is 21.9 Å². The summed E-state index contributed by atoms with van der Waals surface area (Å²) in [6, 6.07) is 3.03. The van der Waals surface area contributed by atoms with E-state index in [0.717, 1.165) is 60.3 Å². The number of aryl methyl sites for hydroxylation is 2. The number of thiol groups is 1. The number of hydrogen-bond acceptors (Lipinski definition) is 5. The van der Waals surface area contributed by atoms with E-state index in [1.54, 1.807) is 25.4 Å². The van der Waals surface area contributed by atoms with E-state index in [9.17, 15) is 14.1 Å². The largest absolute Gasteiger partial charge is 0.386 e. The van der Waals surface area contributed by atoms with Crippen molar-refractivity contribution in [1.29, 1.82) is 5.26 Å². The first kappa shape index (κ1) is 20.7. The second kappa shape index (κ2) is 7.58. The molecular weight excluding hydrogens is 422 g/mol. The maximum atomic E-state index is 13.2. The topological polar surface area (TPSA) is 127 Å². The van der Waals surface area contributed by atoms with Gasteiger partial charge in [0.25, 0.3) is 0 Å². The minimum Gasteiger partial charge on any atom is -0.386 e. The minimum atomic E-state index is -3.81. The number of thiophene rings is 1. The third kappa shape index (κ3) is 3.76. The van der Waals surface area contributed by atoms with Crippen LogP contribution in [0.25, 0.3) is 0 Å². The molecule has 2 aliphatic carbocycles. The first-order chi connectivity index (χ1) is 14.2. The van der Waals surface area contributed by atoms with Gasteiger partial charge in [-0.1, -0.05) is 15.7 Å². The van der Waals surface area contributed by atoms with Crippen LogP contribution in [0.4, 0.5) is 10.5 Å². The Hall–Kier alpha value is -2.61. The number of nitrogens with one attached hydrogen (secondary N) is 2. The number of nitriles is 1. The molecule has 2 amide bonds. The molecule has 2 aromatic rings. The van der Waals surface area contributed by atoms with Gasteiger partial charge in [-0.25, -0.2) is 13.7 Å². The van der Waals surface area contributed by atoms with Gasteiger partial charge in [-0.3, -0.25) is 0 Å². The van der Waals surface area contributed by atoms with Crippen molar-refractivity contribution in [2.24, 2.45) is 9.63 Å². The maximum absolute atomic E-state index is 13.2. The van der Waals surface area contributed by atoms with Crippen LogP contribution < -0.4 is 10.0 Å². The van der Waals surface area contributed by atoms with Crippen molar-refractivity contribution < 1.29 is 14.1 Å². The summed E-state index contributed by atoms with van der Waals surface area (Å²) >= 11 is 1.09. The number of anilines is 1. The van der Waals surface area contributed by atoms with Crippen molar-refractivity contribution in [1.82, 2.24) is 4.72 Å². The maximum Gasteiger partial charge on any atom is 0.364 e. The highest BCUT2D eigenvalue weighted by Crippen LogP contribution is 2.39. The molecular formula is C20H23N5O3S2. The fourth-order valence-electron chi connectivity index (χ4n) is 3.82. The highest BCUT2D eigenvalue weighted by molar-refractivity contribution is 8.01. The van der Waals surface area contributed by atoms with E-state index >= 15 is 0 Å². The van der Waals surface area contributed by atoms with Crippen molar-refractivity contribution in [2.45, 2.75) is 55.8 Å². The molecule has 0 radical (unpaired) electrons.